The van der Waals surface area contributed by atoms with Gasteiger partial charge >= 0.3 is 0 Å². The molecule has 0 aliphatic heterocycles. The smallest absolute Gasteiger partial charge is 0.253 e. The third kappa shape index (κ3) is 8.83. The molecule has 0 unspecified atom stereocenters. The highest BCUT2D eigenvalue weighted by atomic mass is 16.3. The Labute approximate surface area is 229 Å². The van der Waals surface area contributed by atoms with E-state index in [4.69, 9.17) is 11.5 Å². The number of phenolic OH excluding ortho intramolecular Hbond substituents is 1. The number of nitrogens with zero attached hydrogens (tertiary/aromatic N) is 1. The van der Waals surface area contributed by atoms with Gasteiger partial charge in [-0.3, -0.25) is 9.36 Å². The van der Waals surface area contributed by atoms with Crippen molar-refractivity contribution in [2.45, 2.75) is 93.9 Å². The quantitative estimate of drug-likeness (QED) is 0.359. The summed E-state index contributed by atoms with van der Waals surface area (Å²) >= 11 is 0. The van der Waals surface area contributed by atoms with Crippen LogP contribution in [0.15, 0.2) is 53.6 Å². The number of phenols is 1. The highest BCUT2D eigenvalue weighted by Gasteiger charge is 2.20. The van der Waals surface area contributed by atoms with Crippen LogP contribution in [0, 0.1) is 6.92 Å². The molecule has 0 spiro atoms. The predicted molar refractivity (Wildman–Crippen MR) is 165 cm³/mol. The minimum absolute atomic E-state index is 0.144. The number of carbonyl (C=O) groups excluding carboxylic acids is 1. The van der Waals surface area contributed by atoms with E-state index in [2.05, 4.69) is 58.9 Å². The van der Waals surface area contributed by atoms with Gasteiger partial charge in [-0.25, -0.2) is 0 Å². The second kappa shape index (κ2) is 16.4. The van der Waals surface area contributed by atoms with Crippen LogP contribution in [-0.2, 0) is 0 Å². The number of aromatic hydroxyl groups is 1. The fourth-order valence-electron chi connectivity index (χ4n) is 4.08. The van der Waals surface area contributed by atoms with E-state index in [1.165, 1.54) is 36.8 Å². The number of amides is 1. The average Bonchev–Trinajstić information content (AvgIpc) is 3.21. The third-order valence-corrected chi connectivity index (χ3v) is 6.80. The molecule has 0 bridgehead atoms. The highest BCUT2D eigenvalue weighted by molar-refractivity contribution is 5.98. The molecule has 0 radical (unpaired) electrons. The van der Waals surface area contributed by atoms with Crippen LogP contribution in [0.3, 0.4) is 0 Å². The highest BCUT2D eigenvalue weighted by Crippen LogP contribution is 2.22. The molecule has 0 saturated heterocycles. The molecule has 1 aliphatic carbocycles. The summed E-state index contributed by atoms with van der Waals surface area (Å²) in [6, 6.07) is 5.10. The van der Waals surface area contributed by atoms with Crippen LogP contribution in [0.5, 0.6) is 5.75 Å². The minimum Gasteiger partial charge on any atom is -0.508 e. The van der Waals surface area contributed by atoms with Gasteiger partial charge in [-0.15, -0.1) is 0 Å². The number of nitrogen functional groups attached to an aromatic ring is 1. The van der Waals surface area contributed by atoms with Gasteiger partial charge < -0.3 is 16.6 Å². The normalized spacial score (nSPS) is 14.2. The molecule has 208 valence electrons. The first-order chi connectivity index (χ1) is 18.1. The van der Waals surface area contributed by atoms with E-state index in [9.17, 15) is 9.90 Å². The van der Waals surface area contributed by atoms with E-state index in [0.717, 1.165) is 40.2 Å². The molecule has 1 aromatic carbocycles. The number of allylic oxidation sites excluding steroid dienone is 6. The van der Waals surface area contributed by atoms with Gasteiger partial charge in [-0.1, -0.05) is 75.3 Å². The summed E-state index contributed by atoms with van der Waals surface area (Å²) in [7, 11) is 0. The second-order valence-corrected chi connectivity index (χ2v) is 9.54. The molecule has 0 atom stereocenters. The molecule has 38 heavy (non-hydrogen) atoms. The average molecular weight is 520 g/mol. The maximum absolute atomic E-state index is 12.0. The Hall–Kier alpha value is -3.47. The molecular formula is C33H49N3O2. The molecule has 5 heteroatoms. The maximum Gasteiger partial charge on any atom is 0.253 e. The Morgan fingerprint density at radius 2 is 1.79 bits per heavy atom. The number of rotatable bonds is 6. The first-order valence-electron chi connectivity index (χ1n) is 13.8. The van der Waals surface area contributed by atoms with Crippen LogP contribution in [0.1, 0.15) is 103 Å². The van der Waals surface area contributed by atoms with Crippen molar-refractivity contribution < 1.29 is 9.90 Å². The SMILES string of the molecule is C/C=C(\C)CC.CC/C=c1\c(C(N)=O)c(N)n(-c2cc(O)ccc2C)\c1=C(\C)CC.CCC1=CCCC=C1. The Morgan fingerprint density at radius 3 is 2.21 bits per heavy atom. The van der Waals surface area contributed by atoms with Crippen molar-refractivity contribution in [1.82, 2.24) is 4.57 Å². The van der Waals surface area contributed by atoms with E-state index < -0.39 is 5.91 Å². The van der Waals surface area contributed by atoms with Gasteiger partial charge in [-0.2, -0.15) is 0 Å². The molecular weight excluding hydrogens is 470 g/mol. The number of hydrogen-bond acceptors (Lipinski definition) is 3. The Morgan fingerprint density at radius 1 is 1.11 bits per heavy atom. The van der Waals surface area contributed by atoms with Crippen molar-refractivity contribution in [1.29, 1.82) is 0 Å². The van der Waals surface area contributed by atoms with Crippen LogP contribution in [0.25, 0.3) is 17.3 Å². The number of nitrogens with two attached hydrogens (primary N) is 2. The molecule has 1 aromatic heterocycles. The zero-order valence-corrected chi connectivity index (χ0v) is 24.8. The van der Waals surface area contributed by atoms with Gasteiger partial charge in [0.1, 0.15) is 11.6 Å². The van der Waals surface area contributed by atoms with Crippen molar-refractivity contribution in [2.24, 2.45) is 5.73 Å². The number of aromatic nitrogens is 1. The lowest BCUT2D eigenvalue weighted by molar-refractivity contribution is 0.100. The third-order valence-electron chi connectivity index (χ3n) is 6.80. The number of hydrogen-bond donors (Lipinski definition) is 3. The molecule has 2 aromatic rings. The summed E-state index contributed by atoms with van der Waals surface area (Å²) in [5.41, 5.74) is 18.0. The summed E-state index contributed by atoms with van der Waals surface area (Å²) in [5, 5.41) is 11.5. The van der Waals surface area contributed by atoms with E-state index in [1.54, 1.807) is 12.1 Å². The first-order valence-corrected chi connectivity index (χ1v) is 13.8. The Kier molecular flexibility index (Phi) is 14.0. The maximum atomic E-state index is 12.0. The summed E-state index contributed by atoms with van der Waals surface area (Å²) in [6.07, 6.45) is 17.3. The largest absolute Gasteiger partial charge is 0.508 e. The molecule has 0 fully saturated rings. The molecule has 5 nitrogen and oxygen atoms in total. The van der Waals surface area contributed by atoms with E-state index in [1.807, 2.05) is 37.5 Å². The Balaban J connectivity index is 0.000000420. The molecule has 0 saturated carbocycles. The lowest BCUT2D eigenvalue weighted by Crippen LogP contribution is -2.34. The van der Waals surface area contributed by atoms with Crippen LogP contribution in [-0.4, -0.2) is 15.6 Å². The summed E-state index contributed by atoms with van der Waals surface area (Å²) in [6.45, 7) is 16.6. The lowest BCUT2D eigenvalue weighted by Gasteiger charge is -2.12. The van der Waals surface area contributed by atoms with E-state index >= 15 is 0 Å². The molecule has 3 rings (SSSR count). The molecule has 1 amide bonds. The fraction of sp³-hybridized carbons (Fsp3) is 0.424. The van der Waals surface area contributed by atoms with Crippen molar-refractivity contribution in [3.63, 3.8) is 0 Å². The summed E-state index contributed by atoms with van der Waals surface area (Å²) in [5.74, 6) is -0.0990. The molecule has 1 heterocycles. The summed E-state index contributed by atoms with van der Waals surface area (Å²) < 4.78 is 1.83. The summed E-state index contributed by atoms with van der Waals surface area (Å²) in [4.78, 5) is 12.0. The standard InChI is InChI=1S/C19H25N3O2.C8H12.C6H12/c1-5-7-14-16(19(21)24)18(20)22(17(14)11(3)6-2)15-10-13(23)9-8-12(15)4;1-2-8-6-4-3-5-7-8;1-4-6(3)5-2/h7-10,23H,5-6,20H2,1-4H3,(H2,21,24);4,6-7H,2-3,5H2,1H3;4H,5H2,1-3H3/b14-7+,17-11-;;6-4+. The lowest BCUT2D eigenvalue weighted by atomic mass is 10.1. The topological polar surface area (TPSA) is 94.3 Å². The number of aryl methyl sites for hydroxylation is 1. The number of anilines is 1. The van der Waals surface area contributed by atoms with Crippen molar-refractivity contribution in [3.05, 3.63) is 75.3 Å². The molecule has 1 aliphatic rings. The van der Waals surface area contributed by atoms with Crippen molar-refractivity contribution in [3.8, 4) is 11.4 Å². The van der Waals surface area contributed by atoms with Crippen LogP contribution in [0.2, 0.25) is 0 Å². The zero-order valence-electron chi connectivity index (χ0n) is 24.8. The van der Waals surface area contributed by atoms with Gasteiger partial charge in [0.2, 0.25) is 0 Å². The van der Waals surface area contributed by atoms with Crippen LogP contribution < -0.4 is 22.0 Å². The monoisotopic (exact) mass is 519 g/mol. The number of primary amides is 1. The molecule has 5 N–H and O–H groups in total. The number of benzene rings is 1. The fourth-order valence-corrected chi connectivity index (χ4v) is 4.08. The van der Waals surface area contributed by atoms with Crippen molar-refractivity contribution >= 4 is 23.4 Å². The second-order valence-electron chi connectivity index (χ2n) is 9.54. The van der Waals surface area contributed by atoms with Crippen LogP contribution in [0.4, 0.5) is 5.82 Å². The Bertz CT molecular complexity index is 1290. The van der Waals surface area contributed by atoms with Gasteiger partial charge in [0.25, 0.3) is 5.91 Å². The van der Waals surface area contributed by atoms with Crippen LogP contribution >= 0.6 is 0 Å². The van der Waals surface area contributed by atoms with Gasteiger partial charge in [0.05, 0.1) is 16.6 Å². The van der Waals surface area contributed by atoms with E-state index in [0.29, 0.717) is 11.4 Å². The zero-order chi connectivity index (χ0) is 28.8. The van der Waals surface area contributed by atoms with Gasteiger partial charge in [0, 0.05) is 11.3 Å². The van der Waals surface area contributed by atoms with Gasteiger partial charge in [0.15, 0.2) is 0 Å². The van der Waals surface area contributed by atoms with E-state index in [-0.39, 0.29) is 5.75 Å². The predicted octanol–water partition coefficient (Wildman–Crippen LogP) is 6.98. The number of carbonyl (C=O) groups is 1. The van der Waals surface area contributed by atoms with Gasteiger partial charge in [-0.05, 0) is 83.4 Å². The minimum atomic E-state index is -0.547. The van der Waals surface area contributed by atoms with Crippen molar-refractivity contribution in [2.75, 3.05) is 5.73 Å². The first kappa shape index (κ1) is 32.6.